The molecular formula is C12H13BrCl3NO3. The third-order valence-corrected chi connectivity index (χ3v) is 3.43. The number of benzene rings is 1. The molecule has 0 heterocycles. The van der Waals surface area contributed by atoms with E-state index in [0.717, 1.165) is 5.33 Å². The Balaban J connectivity index is 2.74. The van der Waals surface area contributed by atoms with Crippen molar-refractivity contribution >= 4 is 56.6 Å². The monoisotopic (exact) mass is 403 g/mol. The van der Waals surface area contributed by atoms with Gasteiger partial charge in [0, 0.05) is 5.33 Å². The summed E-state index contributed by atoms with van der Waals surface area (Å²) in [5.41, 5.74) is 0.0795. The summed E-state index contributed by atoms with van der Waals surface area (Å²) >= 11 is 20.5. The molecule has 8 heteroatoms. The van der Waals surface area contributed by atoms with Gasteiger partial charge in [-0.3, -0.25) is 4.79 Å². The molecule has 1 rings (SSSR count). The molecule has 1 amide bonds. The fraction of sp³-hybridized carbons (Fsp3) is 0.417. The number of para-hydroxylation sites is 1. The van der Waals surface area contributed by atoms with Gasteiger partial charge in [-0.15, -0.1) is 0 Å². The molecule has 0 saturated heterocycles. The van der Waals surface area contributed by atoms with E-state index >= 15 is 0 Å². The number of nitrogens with one attached hydrogen (secondary N) is 1. The highest BCUT2D eigenvalue weighted by atomic mass is 79.9. The molecule has 0 bridgehead atoms. The van der Waals surface area contributed by atoms with Crippen molar-refractivity contribution in [3.05, 3.63) is 29.8 Å². The Morgan fingerprint density at radius 2 is 2.05 bits per heavy atom. The maximum Gasteiger partial charge on any atom is 0.257 e. The Morgan fingerprint density at radius 1 is 1.40 bits per heavy atom. The van der Waals surface area contributed by atoms with Crippen molar-refractivity contribution < 1.29 is 14.6 Å². The standard InChI is InChI=1S/C12H13BrCl3NO3/c13-6-3-7-20-11(12(14,15)16)17-10(19)8-4-1-2-5-9(8)18/h1-2,4-5,11,18H,3,6-7H2,(H,17,19). The molecular weight excluding hydrogens is 392 g/mol. The van der Waals surface area contributed by atoms with E-state index in [9.17, 15) is 9.90 Å². The number of halogens is 4. The van der Waals surface area contributed by atoms with Gasteiger partial charge in [0.15, 0.2) is 6.23 Å². The number of hydrogen-bond donors (Lipinski definition) is 2. The maximum atomic E-state index is 12.0. The van der Waals surface area contributed by atoms with Crippen LogP contribution in [0.3, 0.4) is 0 Å². The van der Waals surface area contributed by atoms with Gasteiger partial charge in [-0.1, -0.05) is 62.9 Å². The van der Waals surface area contributed by atoms with Gasteiger partial charge in [0.1, 0.15) is 5.75 Å². The zero-order valence-electron chi connectivity index (χ0n) is 10.3. The van der Waals surface area contributed by atoms with Gasteiger partial charge in [-0.25, -0.2) is 0 Å². The summed E-state index contributed by atoms with van der Waals surface area (Å²) in [6.07, 6.45) is -0.414. The topological polar surface area (TPSA) is 58.6 Å². The van der Waals surface area contributed by atoms with Crippen LogP contribution in [0.1, 0.15) is 16.8 Å². The highest BCUT2D eigenvalue weighted by molar-refractivity contribution is 9.09. The number of hydrogen-bond acceptors (Lipinski definition) is 3. The lowest BCUT2D eigenvalue weighted by molar-refractivity contribution is 0.0306. The van der Waals surface area contributed by atoms with Crippen LogP contribution in [0, 0.1) is 0 Å². The molecule has 4 nitrogen and oxygen atoms in total. The second-order valence-electron chi connectivity index (χ2n) is 3.83. The van der Waals surface area contributed by atoms with Crippen LogP contribution >= 0.6 is 50.7 Å². The van der Waals surface area contributed by atoms with Crippen LogP contribution in [0.2, 0.25) is 0 Å². The van der Waals surface area contributed by atoms with E-state index in [1.54, 1.807) is 12.1 Å². The first kappa shape index (κ1) is 17.9. The first-order chi connectivity index (χ1) is 9.36. The lowest BCUT2D eigenvalue weighted by atomic mass is 10.2. The van der Waals surface area contributed by atoms with E-state index in [0.29, 0.717) is 13.0 Å². The number of ether oxygens (including phenoxy) is 1. The second-order valence-corrected chi connectivity index (χ2v) is 6.99. The van der Waals surface area contributed by atoms with Crippen molar-refractivity contribution in [2.75, 3.05) is 11.9 Å². The number of carbonyl (C=O) groups is 1. The second kappa shape index (κ2) is 8.29. The fourth-order valence-electron chi connectivity index (χ4n) is 1.34. The van der Waals surface area contributed by atoms with Gasteiger partial charge >= 0.3 is 0 Å². The molecule has 1 aromatic carbocycles. The molecule has 0 radical (unpaired) electrons. The molecule has 0 aliphatic rings. The smallest absolute Gasteiger partial charge is 0.257 e. The lowest BCUT2D eigenvalue weighted by Gasteiger charge is -2.25. The van der Waals surface area contributed by atoms with Crippen LogP contribution in [0.25, 0.3) is 0 Å². The molecule has 1 unspecified atom stereocenters. The summed E-state index contributed by atoms with van der Waals surface area (Å²) in [5, 5.41) is 12.8. The van der Waals surface area contributed by atoms with E-state index in [4.69, 9.17) is 39.5 Å². The highest BCUT2D eigenvalue weighted by Gasteiger charge is 2.35. The van der Waals surface area contributed by atoms with Crippen LogP contribution in [-0.4, -0.2) is 33.0 Å². The van der Waals surface area contributed by atoms with Crippen molar-refractivity contribution in [3.8, 4) is 5.75 Å². The van der Waals surface area contributed by atoms with Crippen molar-refractivity contribution in [1.29, 1.82) is 0 Å². The molecule has 2 N–H and O–H groups in total. The predicted molar refractivity (Wildman–Crippen MR) is 84.0 cm³/mol. The summed E-state index contributed by atoms with van der Waals surface area (Å²) in [6.45, 7) is 0.310. The number of aromatic hydroxyl groups is 1. The van der Waals surface area contributed by atoms with Crippen LogP contribution in [0.15, 0.2) is 24.3 Å². The van der Waals surface area contributed by atoms with Gasteiger partial charge in [0.2, 0.25) is 3.79 Å². The number of amides is 1. The molecule has 112 valence electrons. The normalized spacial score (nSPS) is 13.0. The van der Waals surface area contributed by atoms with E-state index in [1.807, 2.05) is 0 Å². The third kappa shape index (κ3) is 5.66. The molecule has 0 aliphatic heterocycles. The van der Waals surface area contributed by atoms with Crippen molar-refractivity contribution in [2.45, 2.75) is 16.4 Å². The molecule has 0 spiro atoms. The largest absolute Gasteiger partial charge is 0.507 e. The average molecular weight is 406 g/mol. The van der Waals surface area contributed by atoms with Gasteiger partial charge in [0.25, 0.3) is 5.91 Å². The minimum Gasteiger partial charge on any atom is -0.507 e. The first-order valence-electron chi connectivity index (χ1n) is 5.69. The summed E-state index contributed by atoms with van der Waals surface area (Å²) in [6, 6.07) is 6.07. The molecule has 1 atom stereocenters. The van der Waals surface area contributed by atoms with E-state index in [1.165, 1.54) is 12.1 Å². The zero-order chi connectivity index (χ0) is 15.2. The zero-order valence-corrected chi connectivity index (χ0v) is 14.1. The molecule has 0 fully saturated rings. The molecule has 1 aromatic rings. The van der Waals surface area contributed by atoms with Crippen molar-refractivity contribution in [3.63, 3.8) is 0 Å². The number of rotatable bonds is 6. The molecule has 0 aliphatic carbocycles. The van der Waals surface area contributed by atoms with E-state index in [2.05, 4.69) is 21.2 Å². The predicted octanol–water partition coefficient (Wildman–Crippen LogP) is 3.62. The number of carbonyl (C=O) groups excluding carboxylic acids is 1. The molecule has 20 heavy (non-hydrogen) atoms. The number of phenolic OH excluding ortho intramolecular Hbond substituents is 1. The van der Waals surface area contributed by atoms with Crippen LogP contribution in [0.5, 0.6) is 5.75 Å². The summed E-state index contributed by atoms with van der Waals surface area (Å²) in [5.74, 6) is -0.744. The fourth-order valence-corrected chi connectivity index (χ4v) is 1.92. The third-order valence-electron chi connectivity index (χ3n) is 2.27. The SMILES string of the molecule is O=C(NC(OCCCBr)C(Cl)(Cl)Cl)c1ccccc1O. The average Bonchev–Trinajstić information content (AvgIpc) is 2.37. The first-order valence-corrected chi connectivity index (χ1v) is 7.95. The van der Waals surface area contributed by atoms with Crippen LogP contribution < -0.4 is 5.32 Å². The number of phenols is 1. The van der Waals surface area contributed by atoms with Gasteiger partial charge in [-0.2, -0.15) is 0 Å². The minimum atomic E-state index is -1.81. The van der Waals surface area contributed by atoms with Crippen molar-refractivity contribution in [2.24, 2.45) is 0 Å². The maximum absolute atomic E-state index is 12.0. The van der Waals surface area contributed by atoms with Gasteiger partial charge < -0.3 is 15.2 Å². The summed E-state index contributed by atoms with van der Waals surface area (Å²) < 4.78 is 3.53. The van der Waals surface area contributed by atoms with Gasteiger partial charge in [-0.05, 0) is 18.6 Å². The highest BCUT2D eigenvalue weighted by Crippen LogP contribution is 2.31. The Morgan fingerprint density at radius 3 is 2.60 bits per heavy atom. The van der Waals surface area contributed by atoms with Crippen molar-refractivity contribution in [1.82, 2.24) is 5.32 Å². The Hall–Kier alpha value is -0.200. The Bertz CT molecular complexity index is 454. The molecule has 0 aromatic heterocycles. The van der Waals surface area contributed by atoms with Gasteiger partial charge in [0.05, 0.1) is 12.2 Å². The lowest BCUT2D eigenvalue weighted by Crippen LogP contribution is -2.46. The quantitative estimate of drug-likeness (QED) is 0.432. The van der Waals surface area contributed by atoms with E-state index < -0.39 is 15.9 Å². The molecule has 0 saturated carbocycles. The minimum absolute atomic E-state index is 0.0795. The number of alkyl halides is 4. The van der Waals surface area contributed by atoms with Crippen LogP contribution in [-0.2, 0) is 4.74 Å². The van der Waals surface area contributed by atoms with E-state index in [-0.39, 0.29) is 11.3 Å². The Labute approximate surface area is 140 Å². The summed E-state index contributed by atoms with van der Waals surface area (Å²) in [4.78, 5) is 12.0. The van der Waals surface area contributed by atoms with Crippen LogP contribution in [0.4, 0.5) is 0 Å². The summed E-state index contributed by atoms with van der Waals surface area (Å²) in [7, 11) is 0. The Kier molecular flexibility index (Phi) is 7.40.